The van der Waals surface area contributed by atoms with Crippen molar-refractivity contribution in [3.05, 3.63) is 29.6 Å². The van der Waals surface area contributed by atoms with E-state index in [0.717, 1.165) is 17.8 Å². The third-order valence-electron chi connectivity index (χ3n) is 3.88. The minimum atomic E-state index is 0.783. The van der Waals surface area contributed by atoms with Gasteiger partial charge in [0, 0.05) is 11.9 Å². The minimum absolute atomic E-state index is 0.783. The summed E-state index contributed by atoms with van der Waals surface area (Å²) in [4.78, 5) is 4.52. The molecular formula is C14H21N. The van der Waals surface area contributed by atoms with Crippen molar-refractivity contribution >= 4 is 0 Å². The van der Waals surface area contributed by atoms with Crippen molar-refractivity contribution < 1.29 is 0 Å². The molecule has 0 aliphatic heterocycles. The van der Waals surface area contributed by atoms with Gasteiger partial charge in [-0.25, -0.2) is 0 Å². The van der Waals surface area contributed by atoms with E-state index in [1.165, 1.54) is 30.5 Å². The van der Waals surface area contributed by atoms with Crippen LogP contribution in [0.3, 0.4) is 0 Å². The molecule has 0 bridgehead atoms. The van der Waals surface area contributed by atoms with Gasteiger partial charge in [0.1, 0.15) is 0 Å². The van der Waals surface area contributed by atoms with Crippen LogP contribution in [0.5, 0.6) is 0 Å². The standard InChI is InChI=1S/C14H21N/c1-4-11-8-12-6-5-7-15-14(12)9-13(11)10(2)3/h5-7,10-11,13H,4,8-9H2,1-3H3. The summed E-state index contributed by atoms with van der Waals surface area (Å²) in [5, 5.41) is 0. The Kier molecular flexibility index (Phi) is 3.08. The molecule has 0 aromatic carbocycles. The summed E-state index contributed by atoms with van der Waals surface area (Å²) in [6.07, 6.45) is 5.66. The maximum absolute atomic E-state index is 4.52. The maximum Gasteiger partial charge on any atom is 0.0438 e. The van der Waals surface area contributed by atoms with E-state index in [9.17, 15) is 0 Å². The first-order valence-electron chi connectivity index (χ1n) is 6.15. The molecule has 0 radical (unpaired) electrons. The topological polar surface area (TPSA) is 12.9 Å². The first-order valence-corrected chi connectivity index (χ1v) is 6.15. The molecule has 82 valence electrons. The molecule has 15 heavy (non-hydrogen) atoms. The van der Waals surface area contributed by atoms with Crippen LogP contribution in [0, 0.1) is 17.8 Å². The summed E-state index contributed by atoms with van der Waals surface area (Å²) in [5.41, 5.74) is 2.84. The second-order valence-electron chi connectivity index (χ2n) is 5.09. The van der Waals surface area contributed by atoms with Gasteiger partial charge in [-0.05, 0) is 42.2 Å². The van der Waals surface area contributed by atoms with Crippen LogP contribution in [0.1, 0.15) is 38.4 Å². The van der Waals surface area contributed by atoms with E-state index in [0.29, 0.717) is 0 Å². The SMILES string of the molecule is CCC1Cc2cccnc2CC1C(C)C. The summed E-state index contributed by atoms with van der Waals surface area (Å²) >= 11 is 0. The lowest BCUT2D eigenvalue weighted by Crippen LogP contribution is -2.29. The Bertz CT molecular complexity index is 330. The summed E-state index contributed by atoms with van der Waals surface area (Å²) in [7, 11) is 0. The predicted octanol–water partition coefficient (Wildman–Crippen LogP) is 3.48. The quantitative estimate of drug-likeness (QED) is 0.717. The zero-order valence-electron chi connectivity index (χ0n) is 10.0. The molecule has 0 spiro atoms. The van der Waals surface area contributed by atoms with E-state index < -0.39 is 0 Å². The second kappa shape index (κ2) is 4.34. The van der Waals surface area contributed by atoms with E-state index in [1.807, 2.05) is 6.20 Å². The van der Waals surface area contributed by atoms with Crippen LogP contribution in [-0.2, 0) is 12.8 Å². The van der Waals surface area contributed by atoms with Crippen molar-refractivity contribution in [2.45, 2.75) is 40.0 Å². The second-order valence-corrected chi connectivity index (χ2v) is 5.09. The highest BCUT2D eigenvalue weighted by Gasteiger charge is 2.29. The molecule has 1 aromatic heterocycles. The molecule has 0 fully saturated rings. The van der Waals surface area contributed by atoms with Crippen LogP contribution in [0.15, 0.2) is 18.3 Å². The molecule has 2 atom stereocenters. The smallest absolute Gasteiger partial charge is 0.0438 e. The predicted molar refractivity (Wildman–Crippen MR) is 63.8 cm³/mol. The van der Waals surface area contributed by atoms with E-state index >= 15 is 0 Å². The molecule has 0 N–H and O–H groups in total. The molecule has 1 aromatic rings. The van der Waals surface area contributed by atoms with E-state index in [4.69, 9.17) is 0 Å². The van der Waals surface area contributed by atoms with Crippen molar-refractivity contribution in [3.63, 3.8) is 0 Å². The Morgan fingerprint density at radius 2 is 2.20 bits per heavy atom. The Balaban J connectivity index is 2.26. The fraction of sp³-hybridized carbons (Fsp3) is 0.643. The molecule has 1 nitrogen and oxygen atoms in total. The first-order chi connectivity index (χ1) is 7.22. The molecule has 1 heterocycles. The van der Waals surface area contributed by atoms with Crippen LogP contribution < -0.4 is 0 Å². The Hall–Kier alpha value is -0.850. The van der Waals surface area contributed by atoms with E-state index in [2.05, 4.69) is 37.9 Å². The molecule has 2 unspecified atom stereocenters. The highest BCUT2D eigenvalue weighted by Crippen LogP contribution is 2.35. The monoisotopic (exact) mass is 203 g/mol. The largest absolute Gasteiger partial charge is 0.261 e. The Morgan fingerprint density at radius 3 is 2.87 bits per heavy atom. The van der Waals surface area contributed by atoms with Gasteiger partial charge in [-0.2, -0.15) is 0 Å². The number of rotatable bonds is 2. The van der Waals surface area contributed by atoms with Gasteiger partial charge >= 0.3 is 0 Å². The lowest BCUT2D eigenvalue weighted by Gasteiger charge is -2.34. The molecule has 0 amide bonds. The number of hydrogen-bond donors (Lipinski definition) is 0. The van der Waals surface area contributed by atoms with Gasteiger partial charge in [0.05, 0.1) is 0 Å². The van der Waals surface area contributed by atoms with Crippen molar-refractivity contribution in [1.29, 1.82) is 0 Å². The molecule has 1 aliphatic carbocycles. The Labute approximate surface area is 92.9 Å². The average molecular weight is 203 g/mol. The molecule has 0 saturated heterocycles. The van der Waals surface area contributed by atoms with Gasteiger partial charge in [-0.3, -0.25) is 4.98 Å². The normalized spacial score (nSPS) is 25.3. The minimum Gasteiger partial charge on any atom is -0.261 e. The zero-order chi connectivity index (χ0) is 10.8. The third kappa shape index (κ3) is 2.06. The lowest BCUT2D eigenvalue weighted by atomic mass is 9.71. The third-order valence-corrected chi connectivity index (χ3v) is 3.88. The van der Waals surface area contributed by atoms with Crippen LogP contribution >= 0.6 is 0 Å². The number of fused-ring (bicyclic) bond motifs is 1. The lowest BCUT2D eigenvalue weighted by molar-refractivity contribution is 0.226. The molecular weight excluding hydrogens is 182 g/mol. The van der Waals surface area contributed by atoms with Gasteiger partial charge < -0.3 is 0 Å². The summed E-state index contributed by atoms with van der Waals surface area (Å²) in [6.45, 7) is 7.02. The zero-order valence-corrected chi connectivity index (χ0v) is 10.0. The highest BCUT2D eigenvalue weighted by molar-refractivity contribution is 5.24. The van der Waals surface area contributed by atoms with Crippen molar-refractivity contribution in [2.24, 2.45) is 17.8 Å². The summed E-state index contributed by atoms with van der Waals surface area (Å²) in [6, 6.07) is 4.32. The van der Waals surface area contributed by atoms with Gasteiger partial charge in [0.25, 0.3) is 0 Å². The van der Waals surface area contributed by atoms with E-state index in [-0.39, 0.29) is 0 Å². The molecule has 1 aliphatic rings. The van der Waals surface area contributed by atoms with Gasteiger partial charge in [-0.15, -0.1) is 0 Å². The maximum atomic E-state index is 4.52. The summed E-state index contributed by atoms with van der Waals surface area (Å²) < 4.78 is 0. The summed E-state index contributed by atoms with van der Waals surface area (Å²) in [5.74, 6) is 2.48. The van der Waals surface area contributed by atoms with Crippen LogP contribution in [0.2, 0.25) is 0 Å². The van der Waals surface area contributed by atoms with E-state index in [1.54, 1.807) is 0 Å². The fourth-order valence-electron chi connectivity index (χ4n) is 2.89. The van der Waals surface area contributed by atoms with Crippen molar-refractivity contribution in [2.75, 3.05) is 0 Å². The number of hydrogen-bond acceptors (Lipinski definition) is 1. The molecule has 2 rings (SSSR count). The van der Waals surface area contributed by atoms with Crippen LogP contribution in [0.4, 0.5) is 0 Å². The fourth-order valence-corrected chi connectivity index (χ4v) is 2.89. The number of nitrogens with zero attached hydrogens (tertiary/aromatic N) is 1. The van der Waals surface area contributed by atoms with Crippen molar-refractivity contribution in [1.82, 2.24) is 4.98 Å². The average Bonchev–Trinajstić information content (AvgIpc) is 2.27. The molecule has 0 saturated carbocycles. The molecule has 1 heteroatoms. The van der Waals surface area contributed by atoms with Gasteiger partial charge in [0.15, 0.2) is 0 Å². The first kappa shape index (κ1) is 10.7. The number of aromatic nitrogens is 1. The van der Waals surface area contributed by atoms with Crippen LogP contribution in [-0.4, -0.2) is 4.98 Å². The Morgan fingerprint density at radius 1 is 1.40 bits per heavy atom. The van der Waals surface area contributed by atoms with Crippen LogP contribution in [0.25, 0.3) is 0 Å². The van der Waals surface area contributed by atoms with Gasteiger partial charge in [-0.1, -0.05) is 33.3 Å². The van der Waals surface area contributed by atoms with Crippen molar-refractivity contribution in [3.8, 4) is 0 Å². The van der Waals surface area contributed by atoms with Gasteiger partial charge in [0.2, 0.25) is 0 Å². The number of pyridine rings is 1. The highest BCUT2D eigenvalue weighted by atomic mass is 14.7.